The van der Waals surface area contributed by atoms with Gasteiger partial charge in [0.15, 0.2) is 0 Å². The third-order valence-electron chi connectivity index (χ3n) is 2.70. The number of rotatable bonds is 3. The average Bonchev–Trinajstić information content (AvgIpc) is 2.68. The molecule has 1 unspecified atom stereocenters. The topological polar surface area (TPSA) is 24.9 Å². The predicted octanol–water partition coefficient (Wildman–Crippen LogP) is 2.91. The second-order valence-corrected chi connectivity index (χ2v) is 4.86. The van der Waals surface area contributed by atoms with Crippen molar-refractivity contribution < 1.29 is 0 Å². The van der Waals surface area contributed by atoms with Gasteiger partial charge < -0.3 is 5.32 Å². The van der Waals surface area contributed by atoms with Gasteiger partial charge in [0.25, 0.3) is 0 Å². The van der Waals surface area contributed by atoms with Crippen LogP contribution in [0.25, 0.3) is 0 Å². The maximum absolute atomic E-state index is 4.68. The van der Waals surface area contributed by atoms with Crippen molar-refractivity contribution in [3.05, 3.63) is 16.1 Å². The lowest BCUT2D eigenvalue weighted by molar-refractivity contribution is 0.406. The molecule has 78 valence electrons. The Morgan fingerprint density at radius 2 is 2.50 bits per heavy atom. The smallest absolute Gasteiger partial charge is 0.0928 e. The molecule has 2 rings (SSSR count). The van der Waals surface area contributed by atoms with Gasteiger partial charge in [0.2, 0.25) is 0 Å². The maximum Gasteiger partial charge on any atom is 0.0928 e. The Hall–Kier alpha value is -0.410. The molecule has 1 fully saturated rings. The van der Waals surface area contributed by atoms with E-state index >= 15 is 0 Å². The summed E-state index contributed by atoms with van der Waals surface area (Å²) in [4.78, 5) is 4.68. The van der Waals surface area contributed by atoms with Crippen molar-refractivity contribution in [2.75, 3.05) is 6.54 Å². The normalized spacial score (nSPS) is 22.5. The largest absolute Gasteiger partial charge is 0.309 e. The molecule has 3 heteroatoms. The molecule has 1 aromatic heterocycles. The van der Waals surface area contributed by atoms with Gasteiger partial charge in [0.05, 0.1) is 16.7 Å². The molecule has 0 spiro atoms. The van der Waals surface area contributed by atoms with Gasteiger partial charge in [-0.25, -0.2) is 4.98 Å². The molecule has 2 nitrogen and oxygen atoms in total. The molecule has 1 aliphatic rings. The number of thiazole rings is 1. The third kappa shape index (κ3) is 2.34. The Kier molecular flexibility index (Phi) is 3.54. The van der Waals surface area contributed by atoms with Crippen LogP contribution in [0.15, 0.2) is 5.38 Å². The fourth-order valence-electron chi connectivity index (χ4n) is 1.92. The van der Waals surface area contributed by atoms with Crippen molar-refractivity contribution >= 4 is 11.3 Å². The number of hydrogen-bond donors (Lipinski definition) is 1. The van der Waals surface area contributed by atoms with E-state index in [0.29, 0.717) is 6.04 Å². The maximum atomic E-state index is 4.68. The van der Waals surface area contributed by atoms with E-state index in [0.717, 1.165) is 13.0 Å². The molecule has 1 N–H and O–H groups in total. The Bertz CT molecular complexity index is 277. The number of nitrogens with zero attached hydrogens (tertiary/aromatic N) is 1. The van der Waals surface area contributed by atoms with Gasteiger partial charge in [-0.2, -0.15) is 0 Å². The van der Waals surface area contributed by atoms with Crippen LogP contribution >= 0.6 is 11.3 Å². The Morgan fingerprint density at radius 1 is 1.57 bits per heavy atom. The van der Waals surface area contributed by atoms with Gasteiger partial charge in [-0.05, 0) is 32.2 Å². The van der Waals surface area contributed by atoms with Crippen molar-refractivity contribution in [1.82, 2.24) is 10.3 Å². The summed E-state index contributed by atoms with van der Waals surface area (Å²) >= 11 is 1.82. The first-order valence-electron chi connectivity index (χ1n) is 5.58. The molecule has 1 atom stereocenters. The molecule has 0 amide bonds. The van der Waals surface area contributed by atoms with E-state index in [9.17, 15) is 0 Å². The van der Waals surface area contributed by atoms with E-state index in [-0.39, 0.29) is 0 Å². The molecule has 14 heavy (non-hydrogen) atoms. The highest BCUT2D eigenvalue weighted by Gasteiger charge is 2.16. The highest BCUT2D eigenvalue weighted by molar-refractivity contribution is 7.09. The van der Waals surface area contributed by atoms with Crippen molar-refractivity contribution in [1.29, 1.82) is 0 Å². The van der Waals surface area contributed by atoms with Gasteiger partial charge in [-0.15, -0.1) is 11.3 Å². The van der Waals surface area contributed by atoms with Gasteiger partial charge in [-0.1, -0.05) is 13.3 Å². The summed E-state index contributed by atoms with van der Waals surface area (Å²) in [7, 11) is 0. The van der Waals surface area contributed by atoms with Gasteiger partial charge in [0.1, 0.15) is 0 Å². The van der Waals surface area contributed by atoms with Gasteiger partial charge >= 0.3 is 0 Å². The second kappa shape index (κ2) is 4.89. The zero-order valence-corrected chi connectivity index (χ0v) is 9.57. The molecule has 1 aromatic rings. The predicted molar refractivity (Wildman–Crippen MR) is 60.7 cm³/mol. The number of aromatic nitrogens is 1. The molecule has 0 bridgehead atoms. The number of nitrogens with one attached hydrogen (secondary N) is 1. The standard InChI is InChI=1S/C11H18N2S/c1-2-5-11-13-10(8-14-11)9-6-3-4-7-12-9/h8-9,12H,2-7H2,1H3. The summed E-state index contributed by atoms with van der Waals surface area (Å²) in [6, 6.07) is 0.533. The summed E-state index contributed by atoms with van der Waals surface area (Å²) < 4.78 is 0. The SMILES string of the molecule is CCCc1nc(C2CCCCN2)cs1. The zero-order valence-electron chi connectivity index (χ0n) is 8.75. The summed E-state index contributed by atoms with van der Waals surface area (Å²) in [6.45, 7) is 3.37. The molecular weight excluding hydrogens is 192 g/mol. The minimum atomic E-state index is 0.533. The molecule has 0 saturated carbocycles. The van der Waals surface area contributed by atoms with Gasteiger partial charge in [-0.3, -0.25) is 0 Å². The number of hydrogen-bond acceptors (Lipinski definition) is 3. The van der Waals surface area contributed by atoms with Crippen LogP contribution in [-0.2, 0) is 6.42 Å². The summed E-state index contributed by atoms with van der Waals surface area (Å²) in [5, 5.41) is 7.07. The minimum absolute atomic E-state index is 0.533. The second-order valence-electron chi connectivity index (χ2n) is 3.92. The summed E-state index contributed by atoms with van der Waals surface area (Å²) in [5.74, 6) is 0. The van der Waals surface area contributed by atoms with Gasteiger partial charge in [0, 0.05) is 5.38 Å². The number of piperidine rings is 1. The van der Waals surface area contributed by atoms with Crippen molar-refractivity contribution in [2.45, 2.75) is 45.1 Å². The van der Waals surface area contributed by atoms with Crippen LogP contribution < -0.4 is 5.32 Å². The van der Waals surface area contributed by atoms with Crippen LogP contribution in [0.4, 0.5) is 0 Å². The number of aryl methyl sites for hydroxylation is 1. The van der Waals surface area contributed by atoms with Crippen LogP contribution in [-0.4, -0.2) is 11.5 Å². The molecule has 2 heterocycles. The van der Waals surface area contributed by atoms with Crippen LogP contribution in [0.2, 0.25) is 0 Å². The molecule has 1 saturated heterocycles. The lowest BCUT2D eigenvalue weighted by atomic mass is 10.0. The van der Waals surface area contributed by atoms with Crippen LogP contribution in [0, 0.1) is 0 Å². The monoisotopic (exact) mass is 210 g/mol. The lowest BCUT2D eigenvalue weighted by Gasteiger charge is -2.21. The fraction of sp³-hybridized carbons (Fsp3) is 0.727. The van der Waals surface area contributed by atoms with E-state index in [4.69, 9.17) is 0 Å². The average molecular weight is 210 g/mol. The van der Waals surface area contributed by atoms with Crippen molar-refractivity contribution in [3.8, 4) is 0 Å². The van der Waals surface area contributed by atoms with E-state index in [2.05, 4.69) is 22.6 Å². The molecular formula is C11H18N2S. The third-order valence-corrected chi connectivity index (χ3v) is 3.63. The summed E-state index contributed by atoms with van der Waals surface area (Å²) in [5.41, 5.74) is 1.28. The lowest BCUT2D eigenvalue weighted by Crippen LogP contribution is -2.26. The molecule has 1 aliphatic heterocycles. The Labute approximate surface area is 89.8 Å². The quantitative estimate of drug-likeness (QED) is 0.829. The van der Waals surface area contributed by atoms with E-state index in [1.165, 1.54) is 36.4 Å². The fourth-order valence-corrected chi connectivity index (χ4v) is 2.87. The molecule has 0 radical (unpaired) electrons. The van der Waals surface area contributed by atoms with Crippen LogP contribution in [0.1, 0.15) is 49.4 Å². The van der Waals surface area contributed by atoms with E-state index < -0.39 is 0 Å². The first kappa shape index (κ1) is 10.1. The van der Waals surface area contributed by atoms with E-state index in [1.54, 1.807) is 0 Å². The molecule has 0 aliphatic carbocycles. The zero-order chi connectivity index (χ0) is 9.80. The minimum Gasteiger partial charge on any atom is -0.309 e. The first-order chi connectivity index (χ1) is 6.90. The van der Waals surface area contributed by atoms with Crippen molar-refractivity contribution in [2.24, 2.45) is 0 Å². The first-order valence-corrected chi connectivity index (χ1v) is 6.46. The molecule has 0 aromatic carbocycles. The van der Waals surface area contributed by atoms with Crippen molar-refractivity contribution in [3.63, 3.8) is 0 Å². The van der Waals surface area contributed by atoms with Crippen LogP contribution in [0.5, 0.6) is 0 Å². The summed E-state index contributed by atoms with van der Waals surface area (Å²) in [6.07, 6.45) is 6.26. The Morgan fingerprint density at radius 3 is 3.21 bits per heavy atom. The highest BCUT2D eigenvalue weighted by Crippen LogP contribution is 2.24. The highest BCUT2D eigenvalue weighted by atomic mass is 32.1. The Balaban J connectivity index is 2.00. The van der Waals surface area contributed by atoms with E-state index in [1.807, 2.05) is 11.3 Å². The van der Waals surface area contributed by atoms with Crippen LogP contribution in [0.3, 0.4) is 0 Å².